The molecule has 0 fully saturated rings. The SMILES string of the molecule is [2H]C(=O)[C@]([2H])(O)[C@@]([2H])(O)[C@H](O)[C@H](O)C(=O)O. The molecule has 0 spiro atoms. The van der Waals surface area contributed by atoms with Gasteiger partial charge >= 0.3 is 5.97 Å². The second kappa shape index (κ2) is 4.87. The average molecular weight is 197 g/mol. The van der Waals surface area contributed by atoms with Crippen LogP contribution in [0.5, 0.6) is 0 Å². The van der Waals surface area contributed by atoms with Crippen molar-refractivity contribution in [3.8, 4) is 0 Å². The summed E-state index contributed by atoms with van der Waals surface area (Å²) < 4.78 is 20.0. The van der Waals surface area contributed by atoms with Gasteiger partial charge in [0.1, 0.15) is 19.6 Å². The first kappa shape index (κ1) is 7.39. The van der Waals surface area contributed by atoms with Gasteiger partial charge in [0.05, 0.1) is 2.74 Å². The summed E-state index contributed by atoms with van der Waals surface area (Å²) in [5.41, 5.74) is 0. The minimum Gasteiger partial charge on any atom is -0.479 e. The lowest BCUT2D eigenvalue weighted by Crippen LogP contribution is -2.48. The maximum Gasteiger partial charge on any atom is 0.335 e. The number of hydrogen-bond donors (Lipinski definition) is 5. The van der Waals surface area contributed by atoms with Gasteiger partial charge in [-0.3, -0.25) is 0 Å². The first-order valence-corrected chi connectivity index (χ1v) is 3.01. The summed E-state index contributed by atoms with van der Waals surface area (Å²) in [6, 6.07) is 0. The van der Waals surface area contributed by atoms with E-state index in [1.165, 1.54) is 0 Å². The van der Waals surface area contributed by atoms with Gasteiger partial charge in [0, 0.05) is 0 Å². The van der Waals surface area contributed by atoms with Crippen LogP contribution in [0.25, 0.3) is 0 Å². The van der Waals surface area contributed by atoms with Crippen molar-refractivity contribution in [2.45, 2.75) is 24.4 Å². The Morgan fingerprint density at radius 3 is 2.15 bits per heavy atom. The molecule has 0 aromatic carbocycles. The van der Waals surface area contributed by atoms with Gasteiger partial charge in [-0.1, -0.05) is 0 Å². The number of hydrogen-bond acceptors (Lipinski definition) is 6. The fourth-order valence-corrected chi connectivity index (χ4v) is 0.477. The van der Waals surface area contributed by atoms with Crippen LogP contribution in [0.2, 0.25) is 0 Å². The van der Waals surface area contributed by atoms with Crippen LogP contribution in [0.3, 0.4) is 0 Å². The second-order valence-electron chi connectivity index (χ2n) is 2.06. The summed E-state index contributed by atoms with van der Waals surface area (Å²) in [6.45, 7) is 0. The fourth-order valence-electron chi connectivity index (χ4n) is 0.477. The third-order valence-corrected chi connectivity index (χ3v) is 1.17. The van der Waals surface area contributed by atoms with Crippen LogP contribution in [-0.2, 0) is 9.59 Å². The molecule has 0 bridgehead atoms. The Balaban J connectivity index is 5.20. The summed E-state index contributed by atoms with van der Waals surface area (Å²) in [4.78, 5) is 20.6. The Morgan fingerprint density at radius 1 is 1.38 bits per heavy atom. The third-order valence-electron chi connectivity index (χ3n) is 1.17. The zero-order valence-corrected chi connectivity index (χ0v) is 6.21. The summed E-state index contributed by atoms with van der Waals surface area (Å²) in [7, 11) is 0. The number of carbonyl (C=O) groups is 2. The van der Waals surface area contributed by atoms with Crippen LogP contribution in [0.4, 0.5) is 0 Å². The van der Waals surface area contributed by atoms with Crippen molar-refractivity contribution in [1.82, 2.24) is 0 Å². The summed E-state index contributed by atoms with van der Waals surface area (Å²) >= 11 is 0. The number of aliphatic hydroxyl groups excluding tert-OH is 2. The first-order valence-electron chi connectivity index (χ1n) is 4.51. The minimum atomic E-state index is -3.79. The van der Waals surface area contributed by atoms with E-state index < -0.39 is 36.6 Å². The molecular weight excluding hydrogens is 184 g/mol. The van der Waals surface area contributed by atoms with Crippen LogP contribution < -0.4 is 0 Å². The highest BCUT2D eigenvalue weighted by Crippen LogP contribution is 2.03. The van der Waals surface area contributed by atoms with Gasteiger partial charge in [-0.2, -0.15) is 0 Å². The van der Waals surface area contributed by atoms with Crippen molar-refractivity contribution >= 4 is 12.2 Å². The largest absolute Gasteiger partial charge is 0.479 e. The molecule has 0 aliphatic heterocycles. The number of carbonyl (C=O) groups excluding carboxylic acids is 1. The lowest BCUT2D eigenvalue weighted by Gasteiger charge is -2.21. The molecule has 13 heavy (non-hydrogen) atoms. The van der Waals surface area contributed by atoms with Crippen molar-refractivity contribution in [2.75, 3.05) is 0 Å². The first-order chi connectivity index (χ1) is 6.96. The third kappa shape index (κ3) is 3.07. The van der Waals surface area contributed by atoms with Crippen LogP contribution in [0.15, 0.2) is 0 Å². The van der Waals surface area contributed by atoms with E-state index in [9.17, 15) is 9.59 Å². The molecule has 0 unspecified atom stereocenters. The molecule has 0 rings (SSSR count). The topological polar surface area (TPSA) is 135 Å². The Morgan fingerprint density at radius 2 is 1.85 bits per heavy atom. The van der Waals surface area contributed by atoms with E-state index in [0.717, 1.165) is 0 Å². The van der Waals surface area contributed by atoms with Crippen molar-refractivity contribution < 1.29 is 39.2 Å². The number of aliphatic hydroxyl groups is 4. The van der Waals surface area contributed by atoms with Gasteiger partial charge in [-0.25, -0.2) is 4.79 Å². The van der Waals surface area contributed by atoms with E-state index >= 15 is 0 Å². The van der Waals surface area contributed by atoms with E-state index in [2.05, 4.69) is 0 Å². The van der Waals surface area contributed by atoms with Crippen LogP contribution in [0.1, 0.15) is 4.11 Å². The van der Waals surface area contributed by atoms with E-state index in [4.69, 9.17) is 29.6 Å². The number of carboxylic acids is 1. The van der Waals surface area contributed by atoms with Crippen molar-refractivity contribution in [3.05, 3.63) is 0 Å². The summed E-state index contributed by atoms with van der Waals surface area (Å²) in [5, 5.41) is 44.1. The maximum atomic E-state index is 10.4. The molecule has 5 N–H and O–H groups in total. The van der Waals surface area contributed by atoms with Gasteiger partial charge in [-0.15, -0.1) is 0 Å². The lowest BCUT2D eigenvalue weighted by atomic mass is 10.0. The Bertz CT molecular complexity index is 302. The van der Waals surface area contributed by atoms with Crippen molar-refractivity contribution in [2.24, 2.45) is 0 Å². The highest BCUT2D eigenvalue weighted by molar-refractivity contribution is 5.73. The molecule has 0 saturated heterocycles. The quantitative estimate of drug-likeness (QED) is 0.291. The maximum absolute atomic E-state index is 10.4. The van der Waals surface area contributed by atoms with Gasteiger partial charge in [0.2, 0.25) is 0 Å². The Labute approximate surface area is 77.1 Å². The van der Waals surface area contributed by atoms with Gasteiger partial charge < -0.3 is 30.3 Å². The molecule has 76 valence electrons. The second-order valence-corrected chi connectivity index (χ2v) is 2.06. The average Bonchev–Trinajstić information content (AvgIpc) is 2.14. The molecule has 7 nitrogen and oxygen atoms in total. The molecule has 0 aromatic rings. The molecule has 0 aliphatic carbocycles. The number of rotatable bonds is 5. The van der Waals surface area contributed by atoms with E-state index in [0.29, 0.717) is 0 Å². The Kier molecular flexibility index (Phi) is 2.77. The van der Waals surface area contributed by atoms with Gasteiger partial charge in [-0.05, 0) is 0 Å². The molecule has 4 atom stereocenters. The van der Waals surface area contributed by atoms with Crippen molar-refractivity contribution in [1.29, 1.82) is 0 Å². The molecular formula is C6H10O7. The zero-order chi connectivity index (χ0) is 13.3. The summed E-state index contributed by atoms with van der Waals surface area (Å²) in [5.74, 6) is -2.04. The van der Waals surface area contributed by atoms with Crippen LogP contribution >= 0.6 is 0 Å². The highest BCUT2D eigenvalue weighted by Gasteiger charge is 2.33. The molecule has 0 saturated carbocycles. The van der Waals surface area contributed by atoms with Crippen LogP contribution in [0, 0.1) is 0 Å². The van der Waals surface area contributed by atoms with Gasteiger partial charge in [0.15, 0.2) is 12.4 Å². The number of carboxylic acid groups (broad SMARTS) is 1. The monoisotopic (exact) mass is 197 g/mol. The predicted octanol–water partition coefficient (Wildman–Crippen LogP) is -3.29. The smallest absolute Gasteiger partial charge is 0.335 e. The van der Waals surface area contributed by atoms with E-state index in [1.807, 2.05) is 0 Å². The van der Waals surface area contributed by atoms with Crippen LogP contribution in [-0.4, -0.2) is 62.1 Å². The number of aliphatic carboxylic acids is 1. The lowest BCUT2D eigenvalue weighted by molar-refractivity contribution is -0.163. The molecule has 0 aliphatic rings. The molecule has 7 heteroatoms. The summed E-state index contributed by atoms with van der Waals surface area (Å²) in [6.07, 6.45) is -15.2. The molecule has 0 heterocycles. The molecule has 0 amide bonds. The van der Waals surface area contributed by atoms with E-state index in [1.54, 1.807) is 0 Å². The van der Waals surface area contributed by atoms with Gasteiger partial charge in [0.25, 0.3) is 0 Å². The normalized spacial score (nSPS) is 28.2. The van der Waals surface area contributed by atoms with Crippen molar-refractivity contribution in [3.63, 3.8) is 0 Å². The van der Waals surface area contributed by atoms with E-state index in [-0.39, 0.29) is 0 Å². The fraction of sp³-hybridized carbons (Fsp3) is 0.667. The zero-order valence-electron chi connectivity index (χ0n) is 9.21. The minimum absolute atomic E-state index is 2.04. The standard InChI is InChI=1S/C6H10O7/c7-1-2(8)3(9)4(10)5(11)6(12)13/h1-5,8-11H,(H,12,13)/t2-,3+,4-,5-/m0/s1/i1D,2D,3D. The molecule has 0 aromatic heterocycles. The number of aldehydes is 1. The highest BCUT2D eigenvalue weighted by atomic mass is 16.4. The Hall–Kier alpha value is -1.02. The molecule has 0 radical (unpaired) electrons. The predicted molar refractivity (Wildman–Crippen MR) is 37.7 cm³/mol.